The lowest BCUT2D eigenvalue weighted by Gasteiger charge is -2.45. The number of fused-ring (bicyclic) bond motifs is 4. The fourth-order valence-electron chi connectivity index (χ4n) is 6.40. The average Bonchev–Trinajstić information content (AvgIpc) is 3.07. The summed E-state index contributed by atoms with van der Waals surface area (Å²) in [5, 5.41) is 0. The van der Waals surface area contributed by atoms with Crippen molar-refractivity contribution in [1.82, 2.24) is 9.88 Å². The topological polar surface area (TPSA) is 34.6 Å². The molecule has 0 radical (unpaired) electrons. The van der Waals surface area contributed by atoms with Crippen LogP contribution in [0.25, 0.3) is 5.57 Å². The number of benzene rings is 2. The van der Waals surface area contributed by atoms with Crippen LogP contribution in [0.3, 0.4) is 0 Å². The number of hydrogen-bond donors (Lipinski definition) is 0. The van der Waals surface area contributed by atoms with E-state index >= 15 is 0 Å². The highest BCUT2D eigenvalue weighted by molar-refractivity contribution is 5.85. The third kappa shape index (κ3) is 4.25. The summed E-state index contributed by atoms with van der Waals surface area (Å²) in [6, 6.07) is 19.5. The molecule has 6 rings (SSSR count). The van der Waals surface area contributed by atoms with Gasteiger partial charge in [-0.05, 0) is 98.0 Å². The standard InChI is InChI=1S/C31H34N2O2/c1-34-24-12-13-30-27(21-24)25(26-9-5-17-32-29(26)22-35-30)10-6-18-33-19-15-31(16-20-33)14-4-8-23-7-2-3-11-28(23)31/h2-3,5,7,9-13,17,21H,4,6,8,14-16,18-20,22H2,1H3. The highest BCUT2D eigenvalue weighted by Crippen LogP contribution is 2.45. The van der Waals surface area contributed by atoms with E-state index in [1.165, 1.54) is 50.8 Å². The van der Waals surface area contributed by atoms with Crippen LogP contribution in [-0.2, 0) is 18.4 Å². The number of methoxy groups -OCH3 is 1. The molecule has 4 nitrogen and oxygen atoms in total. The molecule has 3 aromatic rings. The van der Waals surface area contributed by atoms with Gasteiger partial charge in [0, 0.05) is 23.9 Å². The molecular weight excluding hydrogens is 432 g/mol. The summed E-state index contributed by atoms with van der Waals surface area (Å²) < 4.78 is 11.7. The normalized spacial score (nSPS) is 19.9. The van der Waals surface area contributed by atoms with Gasteiger partial charge in [0.2, 0.25) is 0 Å². The van der Waals surface area contributed by atoms with Crippen molar-refractivity contribution in [2.75, 3.05) is 26.7 Å². The Morgan fingerprint density at radius 3 is 2.80 bits per heavy atom. The Kier molecular flexibility index (Phi) is 6.07. The van der Waals surface area contributed by atoms with Crippen LogP contribution >= 0.6 is 0 Å². The first-order chi connectivity index (χ1) is 17.3. The van der Waals surface area contributed by atoms with Gasteiger partial charge in [-0.15, -0.1) is 0 Å². The molecule has 0 N–H and O–H groups in total. The highest BCUT2D eigenvalue weighted by Gasteiger charge is 2.38. The van der Waals surface area contributed by atoms with Crippen LogP contribution in [0.2, 0.25) is 0 Å². The number of likely N-dealkylation sites (tertiary alicyclic amines) is 1. The number of hydrogen-bond acceptors (Lipinski definition) is 4. The molecule has 0 amide bonds. The molecule has 1 fully saturated rings. The van der Waals surface area contributed by atoms with Crippen molar-refractivity contribution in [1.29, 1.82) is 0 Å². The summed E-state index contributed by atoms with van der Waals surface area (Å²) in [4.78, 5) is 7.27. The smallest absolute Gasteiger partial charge is 0.131 e. The summed E-state index contributed by atoms with van der Waals surface area (Å²) in [7, 11) is 1.71. The SMILES string of the molecule is COc1ccc2c(c1)C(=CCCN1CCC3(CCCc4ccccc43)CC1)c1cccnc1CO2. The van der Waals surface area contributed by atoms with Crippen LogP contribution in [0.1, 0.15) is 60.1 Å². The van der Waals surface area contributed by atoms with Crippen LogP contribution in [0.4, 0.5) is 0 Å². The first-order valence-corrected chi connectivity index (χ1v) is 13.0. The lowest BCUT2D eigenvalue weighted by atomic mass is 9.65. The van der Waals surface area contributed by atoms with E-state index < -0.39 is 0 Å². The van der Waals surface area contributed by atoms with Crippen molar-refractivity contribution in [3.8, 4) is 11.5 Å². The number of nitrogens with zero attached hydrogens (tertiary/aromatic N) is 2. The van der Waals surface area contributed by atoms with Gasteiger partial charge in [-0.2, -0.15) is 0 Å². The molecule has 3 aliphatic rings. The Morgan fingerprint density at radius 1 is 1.03 bits per heavy atom. The molecule has 2 aliphatic heterocycles. The zero-order valence-electron chi connectivity index (χ0n) is 20.6. The van der Waals surface area contributed by atoms with Crippen molar-refractivity contribution >= 4 is 5.57 Å². The van der Waals surface area contributed by atoms with Crippen LogP contribution in [0.5, 0.6) is 11.5 Å². The second kappa shape index (κ2) is 9.50. The van der Waals surface area contributed by atoms with Gasteiger partial charge in [-0.3, -0.25) is 4.98 Å². The summed E-state index contributed by atoms with van der Waals surface area (Å²) >= 11 is 0. The maximum absolute atomic E-state index is 6.12. The number of rotatable bonds is 4. The van der Waals surface area contributed by atoms with Crippen LogP contribution in [0, 0.1) is 0 Å². The Labute approximate surface area is 208 Å². The molecular formula is C31H34N2O2. The third-order valence-electron chi connectivity index (χ3n) is 8.32. The van der Waals surface area contributed by atoms with E-state index in [9.17, 15) is 0 Å². The molecule has 180 valence electrons. The molecule has 0 atom stereocenters. The number of piperidine rings is 1. The minimum Gasteiger partial charge on any atom is -0.497 e. The Morgan fingerprint density at radius 2 is 1.91 bits per heavy atom. The molecule has 3 heterocycles. The van der Waals surface area contributed by atoms with Crippen molar-refractivity contribution in [2.24, 2.45) is 0 Å². The van der Waals surface area contributed by atoms with Crippen LogP contribution < -0.4 is 9.47 Å². The lowest BCUT2D eigenvalue weighted by Crippen LogP contribution is -2.44. The summed E-state index contributed by atoms with van der Waals surface area (Å²) in [6.45, 7) is 3.94. The molecule has 0 bridgehead atoms. The predicted octanol–water partition coefficient (Wildman–Crippen LogP) is 6.17. The minimum atomic E-state index is 0.405. The van der Waals surface area contributed by atoms with Gasteiger partial charge in [-0.1, -0.05) is 36.4 Å². The molecule has 2 aromatic carbocycles. The van der Waals surface area contributed by atoms with Crippen LogP contribution in [-0.4, -0.2) is 36.6 Å². The van der Waals surface area contributed by atoms with Gasteiger partial charge in [-0.25, -0.2) is 0 Å². The molecule has 1 spiro atoms. The molecule has 1 saturated heterocycles. The van der Waals surface area contributed by atoms with Crippen molar-refractivity contribution in [3.63, 3.8) is 0 Å². The Bertz CT molecular complexity index is 1240. The molecule has 0 unspecified atom stereocenters. The van der Waals surface area contributed by atoms with E-state index in [2.05, 4.69) is 52.4 Å². The quantitative estimate of drug-likeness (QED) is 0.460. The van der Waals surface area contributed by atoms with E-state index in [1.807, 2.05) is 24.4 Å². The lowest BCUT2D eigenvalue weighted by molar-refractivity contribution is 0.147. The van der Waals surface area contributed by atoms with Crippen molar-refractivity contribution in [2.45, 2.75) is 50.5 Å². The maximum Gasteiger partial charge on any atom is 0.131 e. The fraction of sp³-hybridized carbons (Fsp3) is 0.387. The fourth-order valence-corrected chi connectivity index (χ4v) is 6.40. The average molecular weight is 467 g/mol. The first kappa shape index (κ1) is 22.4. The second-order valence-electron chi connectivity index (χ2n) is 10.2. The zero-order valence-corrected chi connectivity index (χ0v) is 20.6. The van der Waals surface area contributed by atoms with Crippen LogP contribution in [0.15, 0.2) is 66.9 Å². The Hall–Kier alpha value is -3.11. The second-order valence-corrected chi connectivity index (χ2v) is 10.2. The largest absolute Gasteiger partial charge is 0.497 e. The van der Waals surface area contributed by atoms with Gasteiger partial charge in [0.25, 0.3) is 0 Å². The van der Waals surface area contributed by atoms with Gasteiger partial charge < -0.3 is 14.4 Å². The van der Waals surface area contributed by atoms with E-state index in [4.69, 9.17) is 9.47 Å². The maximum atomic E-state index is 6.12. The summed E-state index contributed by atoms with van der Waals surface area (Å²) in [5.74, 6) is 1.74. The molecule has 1 aliphatic carbocycles. The summed E-state index contributed by atoms with van der Waals surface area (Å²) in [6.07, 6.45) is 11.7. The summed E-state index contributed by atoms with van der Waals surface area (Å²) in [5.41, 5.74) is 8.08. The van der Waals surface area contributed by atoms with E-state index in [0.29, 0.717) is 12.0 Å². The van der Waals surface area contributed by atoms with E-state index in [1.54, 1.807) is 18.2 Å². The number of aryl methyl sites for hydroxylation is 1. The number of pyridine rings is 1. The number of ether oxygens (including phenoxy) is 2. The Balaban J connectivity index is 1.20. The monoisotopic (exact) mass is 466 g/mol. The zero-order chi connectivity index (χ0) is 23.7. The number of aromatic nitrogens is 1. The third-order valence-corrected chi connectivity index (χ3v) is 8.32. The molecule has 0 saturated carbocycles. The van der Waals surface area contributed by atoms with Crippen molar-refractivity contribution in [3.05, 3.63) is 94.8 Å². The molecule has 4 heteroatoms. The highest BCUT2D eigenvalue weighted by atomic mass is 16.5. The molecule has 35 heavy (non-hydrogen) atoms. The van der Waals surface area contributed by atoms with Gasteiger partial charge in [0.1, 0.15) is 18.1 Å². The van der Waals surface area contributed by atoms with Gasteiger partial charge >= 0.3 is 0 Å². The minimum absolute atomic E-state index is 0.405. The van der Waals surface area contributed by atoms with E-state index in [0.717, 1.165) is 41.3 Å². The van der Waals surface area contributed by atoms with Crippen molar-refractivity contribution < 1.29 is 9.47 Å². The first-order valence-electron chi connectivity index (χ1n) is 13.0. The predicted molar refractivity (Wildman–Crippen MR) is 140 cm³/mol. The van der Waals surface area contributed by atoms with Gasteiger partial charge in [0.05, 0.1) is 12.8 Å². The van der Waals surface area contributed by atoms with E-state index in [-0.39, 0.29) is 0 Å². The van der Waals surface area contributed by atoms with Gasteiger partial charge in [0.15, 0.2) is 0 Å². The molecule has 1 aromatic heterocycles.